The van der Waals surface area contributed by atoms with E-state index in [0.717, 1.165) is 30.6 Å². The van der Waals surface area contributed by atoms with Crippen LogP contribution < -0.4 is 16.4 Å². The molecule has 1 saturated heterocycles. The number of amides is 3. The zero-order chi connectivity index (χ0) is 20.5. The van der Waals surface area contributed by atoms with Crippen LogP contribution >= 0.6 is 11.3 Å². The number of likely N-dealkylation sites (tertiary alicyclic amines) is 1. The van der Waals surface area contributed by atoms with E-state index in [1.165, 1.54) is 11.3 Å². The largest absolute Gasteiger partial charge is 0.384 e. The molecule has 0 spiro atoms. The van der Waals surface area contributed by atoms with Crippen molar-refractivity contribution in [3.8, 4) is 0 Å². The van der Waals surface area contributed by atoms with Crippen LogP contribution in [0.5, 0.6) is 0 Å². The molecule has 9 heteroatoms. The van der Waals surface area contributed by atoms with Crippen molar-refractivity contribution in [2.45, 2.75) is 58.0 Å². The quantitative estimate of drug-likeness (QED) is 0.265. The van der Waals surface area contributed by atoms with Crippen LogP contribution in [0.1, 0.15) is 55.9 Å². The number of nitrogens with two attached hydrogens (primary N) is 1. The summed E-state index contributed by atoms with van der Waals surface area (Å²) in [5, 5.41) is 14.7. The molecule has 0 radical (unpaired) electrons. The average molecular weight is 408 g/mol. The fraction of sp³-hybridized carbons (Fsp3) is 0.579. The van der Waals surface area contributed by atoms with Gasteiger partial charge in [0.15, 0.2) is 0 Å². The minimum absolute atomic E-state index is 0.00173. The molecule has 1 aromatic heterocycles. The first-order chi connectivity index (χ1) is 13.4. The van der Waals surface area contributed by atoms with Gasteiger partial charge in [-0.15, -0.1) is 11.3 Å². The lowest BCUT2D eigenvalue weighted by Gasteiger charge is -2.24. The normalized spacial score (nSPS) is 16.0. The topological polar surface area (TPSA) is 128 Å². The maximum absolute atomic E-state index is 12.5. The van der Waals surface area contributed by atoms with Crippen LogP contribution in [0.4, 0.5) is 0 Å². The van der Waals surface area contributed by atoms with E-state index in [1.807, 2.05) is 0 Å². The third kappa shape index (κ3) is 6.33. The van der Waals surface area contributed by atoms with E-state index in [-0.39, 0.29) is 30.1 Å². The van der Waals surface area contributed by atoms with Crippen molar-refractivity contribution in [3.05, 3.63) is 21.9 Å². The molecule has 1 aromatic rings. The molecule has 2 heterocycles. The van der Waals surface area contributed by atoms with E-state index in [4.69, 9.17) is 11.1 Å². The lowest BCUT2D eigenvalue weighted by atomic mass is 10.2. The lowest BCUT2D eigenvalue weighted by molar-refractivity contribution is -0.138. The van der Waals surface area contributed by atoms with Gasteiger partial charge >= 0.3 is 0 Å². The number of rotatable bonds is 10. The highest BCUT2D eigenvalue weighted by Gasteiger charge is 2.33. The number of carbonyl (C=O) groups excluding carboxylic acids is 3. The zero-order valence-electron chi connectivity index (χ0n) is 16.3. The minimum Gasteiger partial charge on any atom is -0.384 e. The molecule has 0 saturated carbocycles. The van der Waals surface area contributed by atoms with Crippen molar-refractivity contribution < 1.29 is 14.4 Å². The number of nitrogen functional groups attached to an aromatic ring is 1. The molecule has 1 fully saturated rings. The molecule has 1 atom stereocenters. The standard InChI is InChI=1S/C19H29N5O3S/c1-2-3-4-7-16(25)22-11-17(26)24-8-5-6-15(24)19(27)23-10-14-9-13(12-28-14)18(20)21/h9,12,15H,2-8,10-11H2,1H3,(H3,20,21)(H,22,25)(H,23,27). The number of carbonyl (C=O) groups is 3. The summed E-state index contributed by atoms with van der Waals surface area (Å²) in [4.78, 5) is 39.2. The second-order valence-corrected chi connectivity index (χ2v) is 7.91. The van der Waals surface area contributed by atoms with Crippen LogP contribution in [0.3, 0.4) is 0 Å². The Morgan fingerprint density at radius 3 is 2.79 bits per heavy atom. The Bertz CT molecular complexity index is 718. The zero-order valence-corrected chi connectivity index (χ0v) is 17.1. The van der Waals surface area contributed by atoms with Gasteiger partial charge < -0.3 is 21.3 Å². The van der Waals surface area contributed by atoms with Crippen molar-refractivity contribution in [2.75, 3.05) is 13.1 Å². The molecular weight excluding hydrogens is 378 g/mol. The predicted octanol–water partition coefficient (Wildman–Crippen LogP) is 1.34. The van der Waals surface area contributed by atoms with Crippen LogP contribution in [0.2, 0.25) is 0 Å². The highest BCUT2D eigenvalue weighted by molar-refractivity contribution is 7.10. The van der Waals surface area contributed by atoms with E-state index in [1.54, 1.807) is 16.3 Å². The number of hydrogen-bond donors (Lipinski definition) is 4. The third-order valence-corrected chi connectivity index (χ3v) is 5.66. The lowest BCUT2D eigenvalue weighted by Crippen LogP contribution is -2.48. The Balaban J connectivity index is 1.80. The average Bonchev–Trinajstić information content (AvgIpc) is 3.34. The molecule has 2 rings (SSSR count). The number of nitrogens with zero attached hydrogens (tertiary/aromatic N) is 1. The minimum atomic E-state index is -0.503. The van der Waals surface area contributed by atoms with Gasteiger partial charge in [-0.2, -0.15) is 0 Å². The van der Waals surface area contributed by atoms with Crippen LogP contribution in [-0.4, -0.2) is 47.6 Å². The number of nitrogens with one attached hydrogen (secondary N) is 3. The maximum atomic E-state index is 12.5. The van der Waals surface area contributed by atoms with E-state index < -0.39 is 6.04 Å². The summed E-state index contributed by atoms with van der Waals surface area (Å²) in [7, 11) is 0. The fourth-order valence-electron chi connectivity index (χ4n) is 3.14. The second kappa shape index (κ2) is 10.8. The monoisotopic (exact) mass is 407 g/mol. The maximum Gasteiger partial charge on any atom is 0.243 e. The van der Waals surface area contributed by atoms with Gasteiger partial charge in [0, 0.05) is 28.8 Å². The molecule has 0 aliphatic carbocycles. The summed E-state index contributed by atoms with van der Waals surface area (Å²) in [5.74, 6) is -0.548. The molecule has 3 amide bonds. The van der Waals surface area contributed by atoms with Gasteiger partial charge in [0.2, 0.25) is 17.7 Å². The Morgan fingerprint density at radius 1 is 1.32 bits per heavy atom. The molecule has 28 heavy (non-hydrogen) atoms. The third-order valence-electron chi connectivity index (χ3n) is 4.72. The first-order valence-corrected chi connectivity index (χ1v) is 10.6. The Hall–Kier alpha value is -2.42. The van der Waals surface area contributed by atoms with Gasteiger partial charge in [0.05, 0.1) is 13.1 Å². The summed E-state index contributed by atoms with van der Waals surface area (Å²) in [6.45, 7) is 2.86. The summed E-state index contributed by atoms with van der Waals surface area (Å²) < 4.78 is 0. The number of hydrogen-bond acceptors (Lipinski definition) is 5. The van der Waals surface area contributed by atoms with E-state index in [0.29, 0.717) is 31.5 Å². The van der Waals surface area contributed by atoms with E-state index in [9.17, 15) is 14.4 Å². The number of thiophene rings is 1. The molecule has 5 N–H and O–H groups in total. The summed E-state index contributed by atoms with van der Waals surface area (Å²) in [6.07, 6.45) is 4.66. The van der Waals surface area contributed by atoms with Gasteiger partial charge in [0.1, 0.15) is 11.9 Å². The van der Waals surface area contributed by atoms with Crippen molar-refractivity contribution >= 4 is 34.9 Å². The molecule has 154 valence electrons. The van der Waals surface area contributed by atoms with Crippen molar-refractivity contribution in [1.82, 2.24) is 15.5 Å². The number of amidine groups is 1. The van der Waals surface area contributed by atoms with Crippen LogP contribution in [-0.2, 0) is 20.9 Å². The molecule has 0 aromatic carbocycles. The summed E-state index contributed by atoms with van der Waals surface area (Å²) in [6, 6.07) is 1.27. The van der Waals surface area contributed by atoms with Crippen LogP contribution in [0.15, 0.2) is 11.4 Å². The Kier molecular flexibility index (Phi) is 8.43. The van der Waals surface area contributed by atoms with Crippen molar-refractivity contribution in [3.63, 3.8) is 0 Å². The summed E-state index contributed by atoms with van der Waals surface area (Å²) >= 11 is 1.43. The first-order valence-electron chi connectivity index (χ1n) is 9.68. The molecule has 1 aliphatic heterocycles. The smallest absolute Gasteiger partial charge is 0.243 e. The highest BCUT2D eigenvalue weighted by atomic mass is 32.1. The first kappa shape index (κ1) is 21.9. The highest BCUT2D eigenvalue weighted by Crippen LogP contribution is 2.18. The van der Waals surface area contributed by atoms with Crippen molar-refractivity contribution in [2.24, 2.45) is 5.73 Å². The second-order valence-electron chi connectivity index (χ2n) is 6.91. The van der Waals surface area contributed by atoms with Gasteiger partial charge in [-0.1, -0.05) is 19.8 Å². The summed E-state index contributed by atoms with van der Waals surface area (Å²) in [5.41, 5.74) is 6.09. The fourth-order valence-corrected chi connectivity index (χ4v) is 3.97. The number of unbranched alkanes of at least 4 members (excludes halogenated alkanes) is 2. The van der Waals surface area contributed by atoms with Gasteiger partial charge in [0.25, 0.3) is 0 Å². The Morgan fingerprint density at radius 2 is 2.11 bits per heavy atom. The van der Waals surface area contributed by atoms with Gasteiger partial charge in [-0.3, -0.25) is 19.8 Å². The molecular formula is C19H29N5O3S. The molecule has 1 unspecified atom stereocenters. The SMILES string of the molecule is CCCCCC(=O)NCC(=O)N1CCCC1C(=O)NCc1cc(C(=N)N)cs1. The predicted molar refractivity (Wildman–Crippen MR) is 109 cm³/mol. The van der Waals surface area contributed by atoms with E-state index >= 15 is 0 Å². The van der Waals surface area contributed by atoms with Gasteiger partial charge in [-0.05, 0) is 25.3 Å². The van der Waals surface area contributed by atoms with Crippen molar-refractivity contribution in [1.29, 1.82) is 5.41 Å². The van der Waals surface area contributed by atoms with Crippen LogP contribution in [0.25, 0.3) is 0 Å². The van der Waals surface area contributed by atoms with Gasteiger partial charge in [-0.25, -0.2) is 0 Å². The molecule has 0 bridgehead atoms. The van der Waals surface area contributed by atoms with E-state index in [2.05, 4.69) is 17.6 Å². The van der Waals surface area contributed by atoms with Crippen LogP contribution in [0, 0.1) is 5.41 Å². The molecule has 1 aliphatic rings. The Labute approximate surface area is 169 Å². The molecule has 8 nitrogen and oxygen atoms in total.